The zero-order valence-electron chi connectivity index (χ0n) is 15.5. The first-order valence-corrected chi connectivity index (χ1v) is 8.89. The van der Waals surface area contributed by atoms with E-state index in [0.29, 0.717) is 6.54 Å². The van der Waals surface area contributed by atoms with Gasteiger partial charge in [-0.25, -0.2) is 4.79 Å². The van der Waals surface area contributed by atoms with Crippen molar-refractivity contribution in [1.29, 1.82) is 0 Å². The number of unbranched alkanes of at least 4 members (excludes halogenated alkanes) is 1. The van der Waals surface area contributed by atoms with Gasteiger partial charge < -0.3 is 25.3 Å². The zero-order chi connectivity index (χ0) is 19.4. The van der Waals surface area contributed by atoms with Gasteiger partial charge in [0.2, 0.25) is 0 Å². The number of nitrogens with two attached hydrogens (primary N) is 1. The molecular weight excluding hydrogens is 344 g/mol. The highest BCUT2D eigenvalue weighted by Gasteiger charge is 2.18. The van der Waals surface area contributed by atoms with Gasteiger partial charge in [0.05, 0.1) is 25.5 Å². The molecule has 0 radical (unpaired) electrons. The average molecular weight is 368 g/mol. The number of rotatable bonds is 8. The molecule has 6 heteroatoms. The summed E-state index contributed by atoms with van der Waals surface area (Å²) >= 11 is 0. The van der Waals surface area contributed by atoms with Crippen LogP contribution in [-0.4, -0.2) is 36.8 Å². The number of aryl methyl sites for hydroxylation is 1. The van der Waals surface area contributed by atoms with Crippen molar-refractivity contribution in [2.75, 3.05) is 20.8 Å². The van der Waals surface area contributed by atoms with E-state index in [4.69, 9.17) is 15.2 Å². The minimum atomic E-state index is -0.938. The highest BCUT2D eigenvalue weighted by molar-refractivity contribution is 5.98. The summed E-state index contributed by atoms with van der Waals surface area (Å²) in [5, 5.41) is 10.3. The lowest BCUT2D eigenvalue weighted by Crippen LogP contribution is -2.00. The third kappa shape index (κ3) is 3.75. The van der Waals surface area contributed by atoms with Crippen LogP contribution in [0.4, 0.5) is 0 Å². The second-order valence-electron chi connectivity index (χ2n) is 6.36. The second-order valence-corrected chi connectivity index (χ2v) is 6.36. The standard InChI is InChI=1S/C21H24N2O4/c1-26-14-7-9-19(27-2)17(12-14)20-15(5-3-4-10-22)16-11-13(21(24)25)6-8-18(16)23-20/h6-9,11-12,23H,3-5,10,22H2,1-2H3,(H,24,25). The Balaban J connectivity index is 2.22. The number of methoxy groups -OCH3 is 2. The number of nitrogens with one attached hydrogen (secondary N) is 1. The number of fused-ring (bicyclic) bond motifs is 1. The Kier molecular flexibility index (Phi) is 5.66. The van der Waals surface area contributed by atoms with Gasteiger partial charge in [0, 0.05) is 16.5 Å². The van der Waals surface area contributed by atoms with E-state index >= 15 is 0 Å². The van der Waals surface area contributed by atoms with E-state index in [1.54, 1.807) is 32.4 Å². The number of carboxylic acids is 1. The molecule has 0 saturated carbocycles. The van der Waals surface area contributed by atoms with E-state index in [9.17, 15) is 9.90 Å². The fraction of sp³-hybridized carbons (Fsp3) is 0.286. The van der Waals surface area contributed by atoms with Crippen molar-refractivity contribution >= 4 is 16.9 Å². The summed E-state index contributed by atoms with van der Waals surface area (Å²) in [6.07, 6.45) is 2.61. The maximum atomic E-state index is 11.4. The molecular formula is C21H24N2O4. The van der Waals surface area contributed by atoms with Gasteiger partial charge in [0.15, 0.2) is 0 Å². The quantitative estimate of drug-likeness (QED) is 0.525. The predicted octanol–water partition coefficient (Wildman–Crippen LogP) is 3.83. The van der Waals surface area contributed by atoms with Crippen LogP contribution in [-0.2, 0) is 6.42 Å². The van der Waals surface area contributed by atoms with Crippen LogP contribution in [0, 0.1) is 0 Å². The number of hydrogen-bond acceptors (Lipinski definition) is 4. The second kappa shape index (κ2) is 8.14. The van der Waals surface area contributed by atoms with Crippen LogP contribution in [0.5, 0.6) is 11.5 Å². The molecule has 0 amide bonds. The third-order valence-corrected chi connectivity index (χ3v) is 4.71. The molecule has 0 unspecified atom stereocenters. The minimum absolute atomic E-state index is 0.269. The van der Waals surface area contributed by atoms with Gasteiger partial charge in [0.25, 0.3) is 0 Å². The highest BCUT2D eigenvalue weighted by Crippen LogP contribution is 2.38. The fourth-order valence-electron chi connectivity index (χ4n) is 3.33. The maximum Gasteiger partial charge on any atom is 0.335 e. The number of hydrogen-bond donors (Lipinski definition) is 3. The number of carboxylic acid groups (broad SMARTS) is 1. The molecule has 142 valence electrons. The summed E-state index contributed by atoms with van der Waals surface area (Å²) < 4.78 is 10.9. The average Bonchev–Trinajstić information content (AvgIpc) is 3.05. The van der Waals surface area contributed by atoms with Crippen LogP contribution in [0.25, 0.3) is 22.2 Å². The Morgan fingerprint density at radius 2 is 1.93 bits per heavy atom. The largest absolute Gasteiger partial charge is 0.497 e. The van der Waals surface area contributed by atoms with Crippen molar-refractivity contribution in [3.05, 3.63) is 47.5 Å². The lowest BCUT2D eigenvalue weighted by molar-refractivity contribution is 0.0697. The monoisotopic (exact) mass is 368 g/mol. The third-order valence-electron chi connectivity index (χ3n) is 4.71. The van der Waals surface area contributed by atoms with Gasteiger partial charge >= 0.3 is 5.97 Å². The van der Waals surface area contributed by atoms with Crippen molar-refractivity contribution in [2.45, 2.75) is 19.3 Å². The minimum Gasteiger partial charge on any atom is -0.497 e. The first kappa shape index (κ1) is 18.8. The molecule has 0 aliphatic heterocycles. The Hall–Kier alpha value is -2.99. The van der Waals surface area contributed by atoms with Crippen LogP contribution in [0.1, 0.15) is 28.8 Å². The summed E-state index contributed by atoms with van der Waals surface area (Å²) in [6, 6.07) is 10.8. The van der Waals surface area contributed by atoms with Gasteiger partial charge in [-0.1, -0.05) is 0 Å². The summed E-state index contributed by atoms with van der Waals surface area (Å²) in [5.41, 5.74) is 9.68. The van der Waals surface area contributed by atoms with Gasteiger partial charge in [-0.15, -0.1) is 0 Å². The van der Waals surface area contributed by atoms with E-state index in [1.165, 1.54) is 0 Å². The van der Waals surface area contributed by atoms with Gasteiger partial charge in [-0.05, 0) is 67.8 Å². The van der Waals surface area contributed by atoms with E-state index in [1.807, 2.05) is 18.2 Å². The molecule has 0 saturated heterocycles. The summed E-state index contributed by atoms with van der Waals surface area (Å²) in [7, 11) is 3.25. The van der Waals surface area contributed by atoms with E-state index in [0.717, 1.165) is 58.5 Å². The van der Waals surface area contributed by atoms with Crippen LogP contribution in [0.2, 0.25) is 0 Å². The molecule has 1 heterocycles. The lowest BCUT2D eigenvalue weighted by atomic mass is 9.98. The first-order valence-electron chi connectivity index (χ1n) is 8.89. The summed E-state index contributed by atoms with van der Waals surface area (Å²) in [6.45, 7) is 0.626. The highest BCUT2D eigenvalue weighted by atomic mass is 16.5. The van der Waals surface area contributed by atoms with Gasteiger partial charge in [-0.2, -0.15) is 0 Å². The number of aromatic amines is 1. The number of H-pyrrole nitrogens is 1. The smallest absolute Gasteiger partial charge is 0.335 e. The maximum absolute atomic E-state index is 11.4. The Morgan fingerprint density at radius 3 is 2.59 bits per heavy atom. The van der Waals surface area contributed by atoms with Gasteiger partial charge in [-0.3, -0.25) is 0 Å². The van der Waals surface area contributed by atoms with Crippen molar-refractivity contribution < 1.29 is 19.4 Å². The molecule has 3 rings (SSSR count). The van der Waals surface area contributed by atoms with Gasteiger partial charge in [0.1, 0.15) is 11.5 Å². The number of benzene rings is 2. The molecule has 6 nitrogen and oxygen atoms in total. The number of aromatic nitrogens is 1. The fourth-order valence-corrected chi connectivity index (χ4v) is 3.33. The topological polar surface area (TPSA) is 97.6 Å². The number of carbonyl (C=O) groups is 1. The van der Waals surface area contributed by atoms with Crippen LogP contribution < -0.4 is 15.2 Å². The van der Waals surface area contributed by atoms with Crippen molar-refractivity contribution in [3.8, 4) is 22.8 Å². The van der Waals surface area contributed by atoms with Crippen LogP contribution in [0.3, 0.4) is 0 Å². The Morgan fingerprint density at radius 1 is 1.11 bits per heavy atom. The van der Waals surface area contributed by atoms with Crippen LogP contribution in [0.15, 0.2) is 36.4 Å². The van der Waals surface area contributed by atoms with Crippen molar-refractivity contribution in [2.24, 2.45) is 5.73 Å². The van der Waals surface area contributed by atoms with E-state index in [-0.39, 0.29) is 5.56 Å². The molecule has 2 aromatic carbocycles. The molecule has 4 N–H and O–H groups in total. The van der Waals surface area contributed by atoms with Crippen LogP contribution >= 0.6 is 0 Å². The molecule has 0 aliphatic carbocycles. The lowest BCUT2D eigenvalue weighted by Gasteiger charge is -2.12. The van der Waals surface area contributed by atoms with E-state index < -0.39 is 5.97 Å². The summed E-state index contributed by atoms with van der Waals surface area (Å²) in [4.78, 5) is 14.9. The summed E-state index contributed by atoms with van der Waals surface area (Å²) in [5.74, 6) is 0.510. The molecule has 3 aromatic rings. The first-order chi connectivity index (χ1) is 13.1. The molecule has 0 atom stereocenters. The molecule has 27 heavy (non-hydrogen) atoms. The molecule has 1 aromatic heterocycles. The molecule has 0 spiro atoms. The predicted molar refractivity (Wildman–Crippen MR) is 106 cm³/mol. The normalized spacial score (nSPS) is 10.9. The van der Waals surface area contributed by atoms with Crippen molar-refractivity contribution in [1.82, 2.24) is 4.98 Å². The molecule has 0 fully saturated rings. The Bertz CT molecular complexity index is 962. The zero-order valence-corrected chi connectivity index (χ0v) is 15.5. The molecule has 0 aliphatic rings. The van der Waals surface area contributed by atoms with Crippen molar-refractivity contribution in [3.63, 3.8) is 0 Å². The number of aromatic carboxylic acids is 1. The SMILES string of the molecule is COc1ccc(OC)c(-c2[nH]c3ccc(C(=O)O)cc3c2CCCCN)c1. The Labute approximate surface area is 157 Å². The number of ether oxygens (including phenoxy) is 2. The molecule has 0 bridgehead atoms. The van der Waals surface area contributed by atoms with E-state index in [2.05, 4.69) is 4.98 Å².